The maximum atomic E-state index is 11.6. The second-order valence-corrected chi connectivity index (χ2v) is 5.96. The van der Waals surface area contributed by atoms with Gasteiger partial charge in [0, 0.05) is 23.5 Å². The van der Waals surface area contributed by atoms with Crippen molar-refractivity contribution in [2.45, 2.75) is 33.2 Å². The van der Waals surface area contributed by atoms with E-state index in [1.165, 1.54) is 0 Å². The topological polar surface area (TPSA) is 45.5 Å². The number of carbonyl (C=O) groups is 1. The van der Waals surface area contributed by atoms with Gasteiger partial charge in [-0.25, -0.2) is 4.79 Å². The van der Waals surface area contributed by atoms with Crippen LogP contribution in [-0.2, 0) is 6.54 Å². The summed E-state index contributed by atoms with van der Waals surface area (Å²) >= 11 is 0. The fourth-order valence-corrected chi connectivity index (χ4v) is 3.46. The number of carboxylic acids is 1. The number of hydrogen-bond donors (Lipinski definition) is 1. The van der Waals surface area contributed by atoms with Crippen LogP contribution in [0.4, 0.5) is 0 Å². The molecule has 1 aromatic rings. The summed E-state index contributed by atoms with van der Waals surface area (Å²) in [5.41, 5.74) is 2.72. The van der Waals surface area contributed by atoms with Gasteiger partial charge in [0.1, 0.15) is 0 Å². The Morgan fingerprint density at radius 1 is 1.32 bits per heavy atom. The van der Waals surface area contributed by atoms with E-state index in [1.54, 1.807) is 12.2 Å². The minimum absolute atomic E-state index is 0.357. The third-order valence-electron chi connectivity index (χ3n) is 4.81. The number of rotatable bonds is 6. The van der Waals surface area contributed by atoms with Gasteiger partial charge in [0.2, 0.25) is 0 Å². The van der Waals surface area contributed by atoms with Crippen molar-refractivity contribution < 1.29 is 9.90 Å². The molecule has 120 valence electrons. The molecule has 0 bridgehead atoms. The molecule has 1 aliphatic heterocycles. The molecule has 0 aliphatic carbocycles. The van der Waals surface area contributed by atoms with E-state index in [1.807, 2.05) is 6.92 Å². The van der Waals surface area contributed by atoms with Gasteiger partial charge in [0.15, 0.2) is 0 Å². The highest BCUT2D eigenvalue weighted by Crippen LogP contribution is 2.28. The highest BCUT2D eigenvalue weighted by atomic mass is 16.4. The highest BCUT2D eigenvalue weighted by Gasteiger charge is 2.25. The fourth-order valence-electron chi connectivity index (χ4n) is 3.46. The normalized spacial score (nSPS) is 16.6. The van der Waals surface area contributed by atoms with Crippen molar-refractivity contribution >= 4 is 18.1 Å². The monoisotopic (exact) mass is 302 g/mol. The van der Waals surface area contributed by atoms with Gasteiger partial charge in [-0.1, -0.05) is 26.2 Å². The summed E-state index contributed by atoms with van der Waals surface area (Å²) in [7, 11) is 0. The summed E-state index contributed by atoms with van der Waals surface area (Å²) in [6.45, 7) is 15.9. The van der Waals surface area contributed by atoms with Crippen LogP contribution in [0.1, 0.15) is 47.1 Å². The molecule has 4 heteroatoms. The zero-order valence-corrected chi connectivity index (χ0v) is 13.6. The van der Waals surface area contributed by atoms with Gasteiger partial charge in [-0.05, 0) is 51.4 Å². The third kappa shape index (κ3) is 3.02. The molecule has 0 saturated carbocycles. The average Bonchev–Trinajstić information content (AvgIpc) is 2.79. The molecule has 0 atom stereocenters. The first-order valence-electron chi connectivity index (χ1n) is 7.97. The molecule has 1 N–H and O–H groups in total. The Hall–Kier alpha value is -1.81. The molecule has 1 fully saturated rings. The summed E-state index contributed by atoms with van der Waals surface area (Å²) in [5, 5.41) is 9.48. The largest absolute Gasteiger partial charge is 0.478 e. The molecule has 1 aliphatic rings. The molecule has 0 spiro atoms. The molecule has 4 nitrogen and oxygen atoms in total. The maximum Gasteiger partial charge on any atom is 0.338 e. The zero-order chi connectivity index (χ0) is 16.3. The van der Waals surface area contributed by atoms with Crippen LogP contribution in [0.2, 0.25) is 0 Å². The molecule has 0 aromatic carbocycles. The molecule has 0 unspecified atom stereocenters. The number of likely N-dealkylation sites (tertiary alicyclic amines) is 1. The minimum Gasteiger partial charge on any atom is -0.478 e. The second-order valence-electron chi connectivity index (χ2n) is 5.96. The van der Waals surface area contributed by atoms with Crippen molar-refractivity contribution in [3.05, 3.63) is 35.7 Å². The van der Waals surface area contributed by atoms with Gasteiger partial charge in [-0.3, -0.25) is 0 Å². The van der Waals surface area contributed by atoms with Crippen LogP contribution in [0.3, 0.4) is 0 Å². The first kappa shape index (κ1) is 16.6. The van der Waals surface area contributed by atoms with Crippen LogP contribution in [0.15, 0.2) is 13.2 Å². The SMILES string of the molecule is C=Cc1c(C(=O)O)c(C)n(CC2CCN(CC)CC2)c1C=C. The van der Waals surface area contributed by atoms with E-state index in [-0.39, 0.29) is 0 Å². The second kappa shape index (κ2) is 6.97. The summed E-state index contributed by atoms with van der Waals surface area (Å²) < 4.78 is 2.11. The van der Waals surface area contributed by atoms with Crippen LogP contribution >= 0.6 is 0 Å². The number of hydrogen-bond acceptors (Lipinski definition) is 2. The standard InChI is InChI=1S/C18H26N2O2/c1-5-15-16(6-2)20(13(4)17(15)18(21)22)12-14-8-10-19(7-3)11-9-14/h5-6,14H,1-2,7-12H2,3-4H3,(H,21,22). The van der Waals surface area contributed by atoms with E-state index in [0.29, 0.717) is 17.0 Å². The summed E-state index contributed by atoms with van der Waals surface area (Å²) in [6.07, 6.45) is 5.70. The van der Waals surface area contributed by atoms with Gasteiger partial charge in [0.05, 0.1) is 5.56 Å². The van der Waals surface area contributed by atoms with Gasteiger partial charge in [0.25, 0.3) is 0 Å². The van der Waals surface area contributed by atoms with Crippen molar-refractivity contribution in [1.82, 2.24) is 9.47 Å². The van der Waals surface area contributed by atoms with E-state index >= 15 is 0 Å². The van der Waals surface area contributed by atoms with E-state index in [9.17, 15) is 9.90 Å². The van der Waals surface area contributed by atoms with Crippen LogP contribution < -0.4 is 0 Å². The first-order valence-corrected chi connectivity index (χ1v) is 7.97. The maximum absolute atomic E-state index is 11.6. The van der Waals surface area contributed by atoms with Crippen molar-refractivity contribution in [2.75, 3.05) is 19.6 Å². The van der Waals surface area contributed by atoms with Gasteiger partial charge < -0.3 is 14.6 Å². The highest BCUT2D eigenvalue weighted by molar-refractivity contribution is 5.95. The molecule has 0 radical (unpaired) electrons. The van der Waals surface area contributed by atoms with Crippen LogP contribution in [-0.4, -0.2) is 40.2 Å². The van der Waals surface area contributed by atoms with Crippen molar-refractivity contribution in [2.24, 2.45) is 5.92 Å². The van der Waals surface area contributed by atoms with Gasteiger partial charge in [-0.2, -0.15) is 0 Å². The lowest BCUT2D eigenvalue weighted by Gasteiger charge is -2.31. The van der Waals surface area contributed by atoms with Crippen LogP contribution in [0, 0.1) is 12.8 Å². The number of nitrogens with zero attached hydrogens (tertiary/aromatic N) is 2. The molecular weight excluding hydrogens is 276 g/mol. The summed E-state index contributed by atoms with van der Waals surface area (Å²) in [5.74, 6) is -0.304. The Morgan fingerprint density at radius 2 is 1.95 bits per heavy atom. The molecule has 2 rings (SSSR count). The fraction of sp³-hybridized carbons (Fsp3) is 0.500. The Balaban J connectivity index is 2.29. The lowest BCUT2D eigenvalue weighted by Crippen LogP contribution is -2.34. The molecule has 0 amide bonds. The number of carboxylic acid groups (broad SMARTS) is 1. The molecule has 1 saturated heterocycles. The summed E-state index contributed by atoms with van der Waals surface area (Å²) in [6, 6.07) is 0. The van der Waals surface area contributed by atoms with E-state index in [0.717, 1.165) is 50.4 Å². The number of aromatic carboxylic acids is 1. The average molecular weight is 302 g/mol. The Morgan fingerprint density at radius 3 is 2.41 bits per heavy atom. The van der Waals surface area contributed by atoms with Crippen LogP contribution in [0.5, 0.6) is 0 Å². The lowest BCUT2D eigenvalue weighted by molar-refractivity contribution is 0.0695. The number of piperidine rings is 1. The zero-order valence-electron chi connectivity index (χ0n) is 13.6. The molecular formula is C18H26N2O2. The quantitative estimate of drug-likeness (QED) is 0.874. The van der Waals surface area contributed by atoms with Crippen molar-refractivity contribution in [1.29, 1.82) is 0 Å². The minimum atomic E-state index is -0.893. The molecule has 1 aromatic heterocycles. The van der Waals surface area contributed by atoms with Crippen molar-refractivity contribution in [3.63, 3.8) is 0 Å². The lowest BCUT2D eigenvalue weighted by atomic mass is 9.96. The van der Waals surface area contributed by atoms with E-state index in [2.05, 4.69) is 29.5 Å². The summed E-state index contributed by atoms with van der Waals surface area (Å²) in [4.78, 5) is 14.0. The Labute approximate surface area is 132 Å². The van der Waals surface area contributed by atoms with Gasteiger partial charge in [-0.15, -0.1) is 0 Å². The van der Waals surface area contributed by atoms with Gasteiger partial charge >= 0.3 is 5.97 Å². The van der Waals surface area contributed by atoms with Crippen LogP contribution in [0.25, 0.3) is 12.2 Å². The first-order chi connectivity index (χ1) is 10.5. The molecule has 22 heavy (non-hydrogen) atoms. The smallest absolute Gasteiger partial charge is 0.338 e. The predicted octanol–water partition coefficient (Wildman–Crippen LogP) is 3.51. The Kier molecular flexibility index (Phi) is 5.24. The Bertz CT molecular complexity index is 578. The van der Waals surface area contributed by atoms with E-state index < -0.39 is 5.97 Å². The van der Waals surface area contributed by atoms with Crippen molar-refractivity contribution in [3.8, 4) is 0 Å². The molecule has 2 heterocycles. The van der Waals surface area contributed by atoms with E-state index in [4.69, 9.17) is 0 Å². The predicted molar refractivity (Wildman–Crippen MR) is 91.1 cm³/mol. The third-order valence-corrected chi connectivity index (χ3v) is 4.81. The number of aromatic nitrogens is 1.